The largest absolute Gasteiger partial charge is 0.358 e. The van der Waals surface area contributed by atoms with Crippen molar-refractivity contribution < 1.29 is 4.92 Å². The van der Waals surface area contributed by atoms with E-state index in [-0.39, 0.29) is 17.9 Å². The van der Waals surface area contributed by atoms with Gasteiger partial charge < -0.3 is 24.9 Å². The Labute approximate surface area is 163 Å². The number of benzene rings is 1. The van der Waals surface area contributed by atoms with Crippen LogP contribution in [0.3, 0.4) is 0 Å². The topological polar surface area (TPSA) is 94.0 Å². The smallest absolute Gasteiger partial charge is 0.343 e. The normalized spacial score (nSPS) is 19.2. The Hall–Kier alpha value is -2.78. The van der Waals surface area contributed by atoms with Gasteiger partial charge in [0.15, 0.2) is 0 Å². The second-order valence-corrected chi connectivity index (χ2v) is 7.30. The molecule has 1 aromatic carbocycles. The first-order chi connectivity index (χ1) is 13.5. The fourth-order valence-corrected chi connectivity index (χ4v) is 4.05. The number of nitrogens with zero attached hydrogens (tertiary/aromatic N) is 6. The van der Waals surface area contributed by atoms with Crippen LogP contribution in [-0.2, 0) is 6.54 Å². The molecule has 0 radical (unpaired) electrons. The van der Waals surface area contributed by atoms with Gasteiger partial charge in [-0.15, -0.1) is 0 Å². The van der Waals surface area contributed by atoms with E-state index in [1.165, 1.54) is 6.20 Å². The Bertz CT molecular complexity index is 1010. The Balaban J connectivity index is 1.88. The van der Waals surface area contributed by atoms with Crippen molar-refractivity contribution in [2.24, 2.45) is 0 Å². The summed E-state index contributed by atoms with van der Waals surface area (Å²) in [4.78, 5) is 22.5. The lowest BCUT2D eigenvalue weighted by Gasteiger charge is -2.35. The summed E-state index contributed by atoms with van der Waals surface area (Å²) in [6, 6.07) is 8.31. The minimum absolute atomic E-state index is 0.0146. The van der Waals surface area contributed by atoms with E-state index in [2.05, 4.69) is 33.7 Å². The third-order valence-corrected chi connectivity index (χ3v) is 5.53. The predicted octanol–water partition coefficient (Wildman–Crippen LogP) is 2.29. The number of rotatable bonds is 5. The number of likely N-dealkylation sites (N-methyl/N-ethyl adjacent to an activating group) is 1. The molecule has 0 saturated carbocycles. The number of para-hydroxylation sites is 2. The third-order valence-electron chi connectivity index (χ3n) is 5.53. The highest BCUT2D eigenvalue weighted by Crippen LogP contribution is 2.31. The maximum atomic E-state index is 11.4. The van der Waals surface area contributed by atoms with E-state index in [1.54, 1.807) is 4.57 Å². The molecule has 2 unspecified atom stereocenters. The molecule has 1 aliphatic heterocycles. The van der Waals surface area contributed by atoms with Crippen LogP contribution in [0.25, 0.3) is 22.7 Å². The number of hydrogen-bond acceptors (Lipinski definition) is 6. The minimum atomic E-state index is -0.395. The molecule has 9 nitrogen and oxygen atoms in total. The van der Waals surface area contributed by atoms with Gasteiger partial charge in [0.05, 0.1) is 17.6 Å². The first-order valence-corrected chi connectivity index (χ1v) is 9.60. The van der Waals surface area contributed by atoms with E-state index in [4.69, 9.17) is 4.98 Å². The fraction of sp³-hybridized carbons (Fsp3) is 0.474. The monoisotopic (exact) mass is 383 g/mol. The molecule has 0 aliphatic carbocycles. The van der Waals surface area contributed by atoms with Crippen LogP contribution in [0.1, 0.15) is 19.9 Å². The summed E-state index contributed by atoms with van der Waals surface area (Å²) in [6.45, 7) is 7.38. The van der Waals surface area contributed by atoms with E-state index in [9.17, 15) is 10.1 Å². The lowest BCUT2D eigenvalue weighted by Crippen LogP contribution is -2.52. The molecule has 4 rings (SSSR count). The highest BCUT2D eigenvalue weighted by Gasteiger charge is 2.31. The number of piperazine rings is 1. The lowest BCUT2D eigenvalue weighted by atomic mass is 10.1. The summed E-state index contributed by atoms with van der Waals surface area (Å²) < 4.78 is 3.79. The standard InChI is InChI=1S/C19H25N7O2/c1-4-24-17(26(27)28)11-21-18(24)19-22-14-7-5-6-8-16(14)25(19)13(2)15-12-23(3)10-9-20-15/h5-8,11,13,15,20H,4,9-10,12H2,1-3H3. The summed E-state index contributed by atoms with van der Waals surface area (Å²) in [5.74, 6) is 1.18. The van der Waals surface area contributed by atoms with E-state index < -0.39 is 4.92 Å². The Kier molecular flexibility index (Phi) is 4.86. The molecule has 28 heavy (non-hydrogen) atoms. The van der Waals surface area contributed by atoms with E-state index in [0.717, 1.165) is 30.7 Å². The summed E-state index contributed by atoms with van der Waals surface area (Å²) in [7, 11) is 2.13. The van der Waals surface area contributed by atoms with Gasteiger partial charge in [-0.05, 0) is 38.0 Å². The quantitative estimate of drug-likeness (QED) is 0.537. The van der Waals surface area contributed by atoms with Crippen molar-refractivity contribution in [3.63, 3.8) is 0 Å². The summed E-state index contributed by atoms with van der Waals surface area (Å²) >= 11 is 0. The Morgan fingerprint density at radius 2 is 2.14 bits per heavy atom. The Morgan fingerprint density at radius 1 is 1.36 bits per heavy atom. The van der Waals surface area contributed by atoms with Crippen LogP contribution in [0, 0.1) is 10.1 Å². The number of aromatic nitrogens is 4. The van der Waals surface area contributed by atoms with E-state index in [1.807, 2.05) is 31.2 Å². The van der Waals surface area contributed by atoms with Gasteiger partial charge >= 0.3 is 5.82 Å². The molecule has 0 bridgehead atoms. The summed E-state index contributed by atoms with van der Waals surface area (Å²) in [5.41, 5.74) is 1.87. The van der Waals surface area contributed by atoms with Crippen LogP contribution >= 0.6 is 0 Å². The highest BCUT2D eigenvalue weighted by atomic mass is 16.6. The van der Waals surface area contributed by atoms with Crippen LogP contribution < -0.4 is 5.32 Å². The zero-order valence-corrected chi connectivity index (χ0v) is 16.4. The van der Waals surface area contributed by atoms with Gasteiger partial charge in [0.2, 0.25) is 5.82 Å². The Morgan fingerprint density at radius 3 is 2.86 bits per heavy atom. The van der Waals surface area contributed by atoms with Crippen molar-refractivity contribution in [1.82, 2.24) is 29.3 Å². The van der Waals surface area contributed by atoms with Gasteiger partial charge in [-0.3, -0.25) is 0 Å². The van der Waals surface area contributed by atoms with Gasteiger partial charge in [-0.1, -0.05) is 12.1 Å². The molecule has 1 N–H and O–H groups in total. The van der Waals surface area contributed by atoms with Gasteiger partial charge in [-0.2, -0.15) is 0 Å². The molecule has 3 heterocycles. The molecule has 1 fully saturated rings. The van der Waals surface area contributed by atoms with Crippen LogP contribution in [0.2, 0.25) is 0 Å². The number of nitrogens with one attached hydrogen (secondary N) is 1. The number of hydrogen-bond donors (Lipinski definition) is 1. The number of nitro groups is 1. The van der Waals surface area contributed by atoms with Crippen molar-refractivity contribution in [1.29, 1.82) is 0 Å². The molecule has 9 heteroatoms. The van der Waals surface area contributed by atoms with Gasteiger partial charge in [0.25, 0.3) is 5.82 Å². The predicted molar refractivity (Wildman–Crippen MR) is 107 cm³/mol. The maximum absolute atomic E-state index is 11.4. The minimum Gasteiger partial charge on any atom is -0.358 e. The second-order valence-electron chi connectivity index (χ2n) is 7.30. The molecular formula is C19H25N7O2. The van der Waals surface area contributed by atoms with Crippen molar-refractivity contribution in [2.75, 3.05) is 26.7 Å². The first kappa shape index (κ1) is 18.6. The highest BCUT2D eigenvalue weighted by molar-refractivity contribution is 5.80. The molecule has 0 amide bonds. The summed E-state index contributed by atoms with van der Waals surface area (Å²) in [5, 5.41) is 15.0. The van der Waals surface area contributed by atoms with Crippen molar-refractivity contribution in [3.05, 3.63) is 40.6 Å². The molecule has 0 spiro atoms. The van der Waals surface area contributed by atoms with Gasteiger partial charge in [0.1, 0.15) is 6.20 Å². The van der Waals surface area contributed by atoms with Crippen molar-refractivity contribution >= 4 is 16.9 Å². The van der Waals surface area contributed by atoms with E-state index in [0.29, 0.717) is 18.2 Å². The molecule has 2 aromatic heterocycles. The lowest BCUT2D eigenvalue weighted by molar-refractivity contribution is -0.392. The number of fused-ring (bicyclic) bond motifs is 1. The molecular weight excluding hydrogens is 358 g/mol. The maximum Gasteiger partial charge on any atom is 0.343 e. The molecule has 2 atom stereocenters. The zero-order chi connectivity index (χ0) is 19.8. The molecule has 1 aliphatic rings. The van der Waals surface area contributed by atoms with Crippen LogP contribution in [0.5, 0.6) is 0 Å². The molecule has 1 saturated heterocycles. The summed E-state index contributed by atoms with van der Waals surface area (Å²) in [6.07, 6.45) is 1.32. The fourth-order valence-electron chi connectivity index (χ4n) is 4.05. The van der Waals surface area contributed by atoms with Crippen LogP contribution in [0.15, 0.2) is 30.5 Å². The van der Waals surface area contributed by atoms with Crippen molar-refractivity contribution in [2.45, 2.75) is 32.5 Å². The average Bonchev–Trinajstić information content (AvgIpc) is 3.28. The van der Waals surface area contributed by atoms with Gasteiger partial charge in [0, 0.05) is 31.7 Å². The first-order valence-electron chi connectivity index (χ1n) is 9.60. The molecule has 148 valence electrons. The number of imidazole rings is 2. The van der Waals surface area contributed by atoms with Crippen molar-refractivity contribution in [3.8, 4) is 11.6 Å². The SMILES string of the molecule is CCn1c([N+](=O)[O-])cnc1-c1nc2ccccc2n1C(C)C1CN(C)CCN1. The van der Waals surface area contributed by atoms with Crippen LogP contribution in [0.4, 0.5) is 5.82 Å². The second kappa shape index (κ2) is 7.33. The van der Waals surface area contributed by atoms with E-state index >= 15 is 0 Å². The third kappa shape index (κ3) is 3.06. The van der Waals surface area contributed by atoms with Gasteiger partial charge in [-0.25, -0.2) is 14.5 Å². The zero-order valence-electron chi connectivity index (χ0n) is 16.4. The molecule has 3 aromatic rings. The van der Waals surface area contributed by atoms with Crippen LogP contribution in [-0.4, -0.2) is 61.6 Å². The average molecular weight is 383 g/mol.